The van der Waals surface area contributed by atoms with E-state index in [-0.39, 0.29) is 0 Å². The van der Waals surface area contributed by atoms with Gasteiger partial charge >= 0.3 is 0 Å². The molecule has 0 saturated carbocycles. The largest absolute Gasteiger partial charge is 0.496 e. The monoisotopic (exact) mass is 374 g/mol. The number of methoxy groups -OCH3 is 2. The number of H-pyrrole nitrogens is 1. The van der Waals surface area contributed by atoms with Crippen LogP contribution < -0.4 is 14.8 Å². The predicted octanol–water partition coefficient (Wildman–Crippen LogP) is 4.30. The van der Waals surface area contributed by atoms with Crippen molar-refractivity contribution in [1.29, 1.82) is 0 Å². The maximum atomic E-state index is 5.53. The number of anilines is 1. The molecule has 142 valence electrons. The summed E-state index contributed by atoms with van der Waals surface area (Å²) in [5, 5.41) is 4.35. The molecule has 0 amide bonds. The number of hydrogen-bond acceptors (Lipinski definition) is 5. The quantitative estimate of drug-likeness (QED) is 0.505. The van der Waals surface area contributed by atoms with Gasteiger partial charge in [-0.3, -0.25) is 0 Å². The van der Waals surface area contributed by atoms with Gasteiger partial charge in [-0.1, -0.05) is 36.4 Å². The number of aromatic nitrogens is 3. The Labute approximate surface area is 163 Å². The van der Waals surface area contributed by atoms with E-state index in [4.69, 9.17) is 9.47 Å². The smallest absolute Gasteiger partial charge is 0.143 e. The number of nitrogens with zero attached hydrogens (tertiary/aromatic N) is 2. The normalized spacial score (nSPS) is 10.8. The highest BCUT2D eigenvalue weighted by molar-refractivity contribution is 5.93. The van der Waals surface area contributed by atoms with E-state index in [1.807, 2.05) is 30.3 Å². The van der Waals surface area contributed by atoms with Gasteiger partial charge < -0.3 is 19.8 Å². The maximum absolute atomic E-state index is 5.53. The summed E-state index contributed by atoms with van der Waals surface area (Å²) in [5.74, 6) is 2.27. The molecular weight excluding hydrogens is 352 g/mol. The van der Waals surface area contributed by atoms with Crippen molar-refractivity contribution in [3.05, 3.63) is 66.5 Å². The van der Waals surface area contributed by atoms with Crippen LogP contribution in [-0.2, 0) is 6.42 Å². The van der Waals surface area contributed by atoms with Crippen molar-refractivity contribution in [2.45, 2.75) is 6.42 Å². The molecule has 0 aliphatic rings. The van der Waals surface area contributed by atoms with Gasteiger partial charge in [0.15, 0.2) is 0 Å². The first-order chi connectivity index (χ1) is 13.8. The van der Waals surface area contributed by atoms with E-state index in [0.29, 0.717) is 0 Å². The summed E-state index contributed by atoms with van der Waals surface area (Å²) < 4.78 is 11.1. The zero-order valence-electron chi connectivity index (χ0n) is 15.9. The molecule has 6 nitrogen and oxygen atoms in total. The lowest BCUT2D eigenvalue weighted by atomic mass is 10.1. The van der Waals surface area contributed by atoms with E-state index in [1.165, 1.54) is 5.56 Å². The maximum Gasteiger partial charge on any atom is 0.143 e. The van der Waals surface area contributed by atoms with E-state index in [0.717, 1.165) is 52.6 Å². The Morgan fingerprint density at radius 2 is 1.68 bits per heavy atom. The summed E-state index contributed by atoms with van der Waals surface area (Å²) in [6, 6.07) is 18.1. The molecule has 0 atom stereocenters. The van der Waals surface area contributed by atoms with Gasteiger partial charge in [0, 0.05) is 6.54 Å². The lowest BCUT2D eigenvalue weighted by Gasteiger charge is -2.11. The first-order valence-corrected chi connectivity index (χ1v) is 9.13. The summed E-state index contributed by atoms with van der Waals surface area (Å²) >= 11 is 0. The van der Waals surface area contributed by atoms with Crippen LogP contribution in [-0.4, -0.2) is 35.7 Å². The molecule has 2 heterocycles. The minimum atomic E-state index is 0.734. The molecule has 4 rings (SSSR count). The van der Waals surface area contributed by atoms with E-state index >= 15 is 0 Å². The van der Waals surface area contributed by atoms with E-state index in [9.17, 15) is 0 Å². The average molecular weight is 374 g/mol. The highest BCUT2D eigenvalue weighted by Crippen LogP contribution is 2.39. The van der Waals surface area contributed by atoms with Crippen molar-refractivity contribution in [2.24, 2.45) is 0 Å². The highest BCUT2D eigenvalue weighted by atomic mass is 16.5. The van der Waals surface area contributed by atoms with Crippen molar-refractivity contribution in [1.82, 2.24) is 15.0 Å². The standard InChI is InChI=1S/C22H22N4O2/c1-27-18-9-6-10-19(28-2)20(18)17-13-16-21(24-14-25-22(16)26-17)23-12-11-15-7-4-3-5-8-15/h3-10,13-14H,11-12H2,1-2H3,(H2,23,24,25,26). The Morgan fingerprint density at radius 1 is 0.929 bits per heavy atom. The second kappa shape index (κ2) is 8.00. The molecule has 2 aromatic heterocycles. The molecular formula is C22H22N4O2. The second-order valence-electron chi connectivity index (χ2n) is 6.37. The van der Waals surface area contributed by atoms with Crippen LogP contribution in [0, 0.1) is 0 Å². The number of benzene rings is 2. The average Bonchev–Trinajstić information content (AvgIpc) is 3.18. The number of nitrogens with one attached hydrogen (secondary N) is 2. The number of rotatable bonds is 7. The van der Waals surface area contributed by atoms with Gasteiger partial charge in [-0.15, -0.1) is 0 Å². The lowest BCUT2D eigenvalue weighted by molar-refractivity contribution is 0.397. The van der Waals surface area contributed by atoms with Gasteiger partial charge in [-0.25, -0.2) is 9.97 Å². The molecule has 0 unspecified atom stereocenters. The Balaban J connectivity index is 1.64. The van der Waals surface area contributed by atoms with E-state index in [2.05, 4.69) is 44.5 Å². The Morgan fingerprint density at radius 3 is 2.39 bits per heavy atom. The topological polar surface area (TPSA) is 72.1 Å². The minimum absolute atomic E-state index is 0.734. The molecule has 28 heavy (non-hydrogen) atoms. The fourth-order valence-corrected chi connectivity index (χ4v) is 3.30. The van der Waals surface area contributed by atoms with Crippen LogP contribution in [0.2, 0.25) is 0 Å². The summed E-state index contributed by atoms with van der Waals surface area (Å²) in [7, 11) is 3.30. The zero-order chi connectivity index (χ0) is 19.3. The van der Waals surface area contributed by atoms with Gasteiger partial charge in [-0.05, 0) is 30.2 Å². The molecule has 2 aromatic carbocycles. The number of fused-ring (bicyclic) bond motifs is 1. The first kappa shape index (κ1) is 17.9. The van der Waals surface area contributed by atoms with Crippen LogP contribution in [0.1, 0.15) is 5.56 Å². The summed E-state index contributed by atoms with van der Waals surface area (Å²) in [5.41, 5.74) is 3.78. The molecule has 0 spiro atoms. The van der Waals surface area contributed by atoms with Crippen molar-refractivity contribution in [2.75, 3.05) is 26.1 Å². The fraction of sp³-hybridized carbons (Fsp3) is 0.182. The fourth-order valence-electron chi connectivity index (χ4n) is 3.30. The molecule has 6 heteroatoms. The zero-order valence-corrected chi connectivity index (χ0v) is 15.9. The molecule has 0 aliphatic carbocycles. The Bertz CT molecular complexity index is 1050. The number of ether oxygens (including phenoxy) is 2. The second-order valence-corrected chi connectivity index (χ2v) is 6.37. The minimum Gasteiger partial charge on any atom is -0.496 e. The third kappa shape index (κ3) is 3.49. The predicted molar refractivity (Wildman–Crippen MR) is 111 cm³/mol. The highest BCUT2D eigenvalue weighted by Gasteiger charge is 2.16. The molecule has 0 saturated heterocycles. The van der Waals surface area contributed by atoms with Crippen LogP contribution in [0.4, 0.5) is 5.82 Å². The Hall–Kier alpha value is -3.54. The van der Waals surface area contributed by atoms with Gasteiger partial charge in [0.05, 0.1) is 30.9 Å². The van der Waals surface area contributed by atoms with Crippen LogP contribution in [0.25, 0.3) is 22.3 Å². The molecule has 0 aliphatic heterocycles. The molecule has 0 radical (unpaired) electrons. The summed E-state index contributed by atoms with van der Waals surface area (Å²) in [6.45, 7) is 0.786. The number of hydrogen-bond donors (Lipinski definition) is 2. The van der Waals surface area contributed by atoms with Crippen molar-refractivity contribution >= 4 is 16.9 Å². The summed E-state index contributed by atoms with van der Waals surface area (Å²) in [6.07, 6.45) is 2.48. The van der Waals surface area contributed by atoms with Gasteiger partial charge in [-0.2, -0.15) is 0 Å². The molecule has 2 N–H and O–H groups in total. The summed E-state index contributed by atoms with van der Waals surface area (Å²) in [4.78, 5) is 12.2. The SMILES string of the molecule is COc1cccc(OC)c1-c1cc2c(NCCc3ccccc3)ncnc2[nH]1. The number of aromatic amines is 1. The third-order valence-corrected chi connectivity index (χ3v) is 4.67. The molecule has 0 fully saturated rings. The Kier molecular flexibility index (Phi) is 5.10. The van der Waals surface area contributed by atoms with E-state index in [1.54, 1.807) is 20.5 Å². The van der Waals surface area contributed by atoms with E-state index < -0.39 is 0 Å². The van der Waals surface area contributed by atoms with Crippen molar-refractivity contribution < 1.29 is 9.47 Å². The van der Waals surface area contributed by atoms with Gasteiger partial charge in [0.25, 0.3) is 0 Å². The van der Waals surface area contributed by atoms with Crippen molar-refractivity contribution in [3.8, 4) is 22.8 Å². The van der Waals surface area contributed by atoms with Crippen LogP contribution >= 0.6 is 0 Å². The van der Waals surface area contributed by atoms with Crippen LogP contribution in [0.15, 0.2) is 60.9 Å². The van der Waals surface area contributed by atoms with Crippen LogP contribution in [0.5, 0.6) is 11.5 Å². The molecule has 0 bridgehead atoms. The third-order valence-electron chi connectivity index (χ3n) is 4.67. The van der Waals surface area contributed by atoms with Gasteiger partial charge in [0.2, 0.25) is 0 Å². The molecule has 4 aromatic rings. The van der Waals surface area contributed by atoms with Crippen molar-refractivity contribution in [3.63, 3.8) is 0 Å². The lowest BCUT2D eigenvalue weighted by Crippen LogP contribution is -2.06. The first-order valence-electron chi connectivity index (χ1n) is 9.13. The van der Waals surface area contributed by atoms with Crippen LogP contribution in [0.3, 0.4) is 0 Å². The van der Waals surface area contributed by atoms with Gasteiger partial charge in [0.1, 0.15) is 29.3 Å².